The summed E-state index contributed by atoms with van der Waals surface area (Å²) in [4.78, 5) is 22.6. The van der Waals surface area contributed by atoms with Gasteiger partial charge in [0.15, 0.2) is 0 Å². The third-order valence-electron chi connectivity index (χ3n) is 3.05. The van der Waals surface area contributed by atoms with E-state index in [1.54, 1.807) is 0 Å². The van der Waals surface area contributed by atoms with Gasteiger partial charge in [0.25, 0.3) is 10.1 Å². The fraction of sp³-hybridized carbons (Fsp3) is 0.143. The van der Waals surface area contributed by atoms with Gasteiger partial charge >= 0.3 is 11.9 Å². The second kappa shape index (κ2) is 5.74. The zero-order chi connectivity index (χ0) is 16.5. The van der Waals surface area contributed by atoms with Gasteiger partial charge in [-0.3, -0.25) is 4.55 Å². The third kappa shape index (κ3) is 2.78. The van der Waals surface area contributed by atoms with Crippen LogP contribution in [-0.4, -0.2) is 39.1 Å². The molecule has 0 atom stereocenters. The fourth-order valence-electron chi connectivity index (χ4n) is 2.09. The number of hydrogen-bond donors (Lipinski definition) is 1. The smallest absolute Gasteiger partial charge is 0.339 e. The number of carbonyl (C=O) groups excluding carboxylic acids is 2. The van der Waals surface area contributed by atoms with E-state index in [1.807, 2.05) is 0 Å². The van der Waals surface area contributed by atoms with Gasteiger partial charge in [-0.25, -0.2) is 9.59 Å². The molecule has 0 aliphatic heterocycles. The molecule has 0 aromatic heterocycles. The Hall–Kier alpha value is -2.45. The maximum Gasteiger partial charge on any atom is 0.339 e. The highest BCUT2D eigenvalue weighted by molar-refractivity contribution is 7.86. The molecule has 0 spiro atoms. The molecular weight excluding hydrogens is 312 g/mol. The van der Waals surface area contributed by atoms with Crippen molar-refractivity contribution in [1.29, 1.82) is 0 Å². The minimum atomic E-state index is -4.67. The van der Waals surface area contributed by atoms with Crippen molar-refractivity contribution in [1.82, 2.24) is 0 Å². The number of benzene rings is 2. The molecule has 0 bridgehead atoms. The van der Waals surface area contributed by atoms with Crippen molar-refractivity contribution in [2.45, 2.75) is 4.90 Å². The van der Waals surface area contributed by atoms with E-state index in [0.717, 1.165) is 7.11 Å². The van der Waals surface area contributed by atoms with Crippen molar-refractivity contribution in [2.75, 3.05) is 14.2 Å². The molecule has 116 valence electrons. The van der Waals surface area contributed by atoms with Crippen LogP contribution in [0, 0.1) is 0 Å². The third-order valence-corrected chi connectivity index (χ3v) is 4.01. The number of carbonyl (C=O) groups is 2. The number of hydrogen-bond acceptors (Lipinski definition) is 6. The number of ether oxygens (including phenoxy) is 2. The van der Waals surface area contributed by atoms with Gasteiger partial charge in [0.1, 0.15) is 4.90 Å². The van der Waals surface area contributed by atoms with Crippen LogP contribution in [0.25, 0.3) is 10.8 Å². The zero-order valence-electron chi connectivity index (χ0n) is 11.7. The Bertz CT molecular complexity index is 868. The van der Waals surface area contributed by atoms with Crippen LogP contribution in [0.3, 0.4) is 0 Å². The molecule has 2 aromatic carbocycles. The molecule has 0 unspecified atom stereocenters. The number of esters is 2. The quantitative estimate of drug-likeness (QED) is 0.675. The predicted molar refractivity (Wildman–Crippen MR) is 76.4 cm³/mol. The second-order valence-corrected chi connectivity index (χ2v) is 5.69. The molecule has 0 aliphatic rings. The standard InChI is InChI=1S/C14H12O7S/c1-20-13(15)9-4-5-10-8(7-9)3-6-11(14(16)21-2)12(10)22(17,18)19/h3-7H,1-2H3,(H,17,18,19). The molecule has 22 heavy (non-hydrogen) atoms. The van der Waals surface area contributed by atoms with Crippen LogP contribution >= 0.6 is 0 Å². The summed E-state index contributed by atoms with van der Waals surface area (Å²) >= 11 is 0. The molecule has 0 saturated carbocycles. The molecule has 7 nitrogen and oxygen atoms in total. The lowest BCUT2D eigenvalue weighted by molar-refractivity contribution is 0.0589. The molecule has 0 aliphatic carbocycles. The summed E-state index contributed by atoms with van der Waals surface area (Å²) < 4.78 is 41.7. The van der Waals surface area contributed by atoms with Gasteiger partial charge in [0.2, 0.25) is 0 Å². The highest BCUT2D eigenvalue weighted by Crippen LogP contribution is 2.28. The summed E-state index contributed by atoms with van der Waals surface area (Å²) in [7, 11) is -2.35. The van der Waals surface area contributed by atoms with Crippen LogP contribution in [0.4, 0.5) is 0 Å². The summed E-state index contributed by atoms with van der Waals surface area (Å²) in [5.41, 5.74) is -0.0783. The average molecular weight is 324 g/mol. The van der Waals surface area contributed by atoms with Gasteiger partial charge < -0.3 is 9.47 Å². The van der Waals surface area contributed by atoms with E-state index in [-0.39, 0.29) is 16.5 Å². The van der Waals surface area contributed by atoms with E-state index in [0.29, 0.717) is 5.39 Å². The van der Waals surface area contributed by atoms with Crippen molar-refractivity contribution < 1.29 is 32.0 Å². The first kappa shape index (κ1) is 15.9. The minimum Gasteiger partial charge on any atom is -0.465 e. The summed E-state index contributed by atoms with van der Waals surface area (Å²) in [6, 6.07) is 6.71. The lowest BCUT2D eigenvalue weighted by Crippen LogP contribution is -2.11. The maximum absolute atomic E-state index is 11.7. The lowest BCUT2D eigenvalue weighted by Gasteiger charge is -2.10. The first-order chi connectivity index (χ1) is 10.3. The van der Waals surface area contributed by atoms with E-state index >= 15 is 0 Å². The van der Waals surface area contributed by atoms with Gasteiger partial charge in [-0.1, -0.05) is 12.1 Å². The van der Waals surface area contributed by atoms with Crippen LogP contribution in [0.2, 0.25) is 0 Å². The highest BCUT2D eigenvalue weighted by atomic mass is 32.2. The van der Waals surface area contributed by atoms with E-state index in [9.17, 15) is 22.6 Å². The Morgan fingerprint density at radius 3 is 2.18 bits per heavy atom. The van der Waals surface area contributed by atoms with Gasteiger partial charge in [0, 0.05) is 5.39 Å². The molecule has 0 saturated heterocycles. The van der Waals surface area contributed by atoms with Crippen molar-refractivity contribution in [3.8, 4) is 0 Å². The molecule has 0 heterocycles. The van der Waals surface area contributed by atoms with Gasteiger partial charge in [-0.2, -0.15) is 8.42 Å². The summed E-state index contributed by atoms with van der Waals surface area (Å²) in [6.45, 7) is 0. The average Bonchev–Trinajstić information content (AvgIpc) is 2.50. The van der Waals surface area contributed by atoms with E-state index in [1.165, 1.54) is 37.4 Å². The van der Waals surface area contributed by atoms with Crippen molar-refractivity contribution in [3.63, 3.8) is 0 Å². The molecule has 0 fully saturated rings. The Morgan fingerprint density at radius 2 is 1.64 bits per heavy atom. The van der Waals surface area contributed by atoms with Gasteiger partial charge in [-0.15, -0.1) is 0 Å². The highest BCUT2D eigenvalue weighted by Gasteiger charge is 2.24. The first-order valence-electron chi connectivity index (χ1n) is 6.00. The normalized spacial score (nSPS) is 11.2. The summed E-state index contributed by atoms with van der Waals surface area (Å²) in [5, 5.41) is 0.446. The number of rotatable bonds is 3. The predicted octanol–water partition coefficient (Wildman–Crippen LogP) is 1.66. The number of fused-ring (bicyclic) bond motifs is 1. The first-order valence-corrected chi connectivity index (χ1v) is 7.44. The van der Waals surface area contributed by atoms with Crippen LogP contribution in [0.5, 0.6) is 0 Å². The lowest BCUT2D eigenvalue weighted by atomic mass is 10.0. The minimum absolute atomic E-state index is 0.0954. The molecule has 8 heteroatoms. The Kier molecular flexibility index (Phi) is 4.16. The van der Waals surface area contributed by atoms with Gasteiger partial charge in [-0.05, 0) is 23.6 Å². The fourth-order valence-corrected chi connectivity index (χ4v) is 2.99. The van der Waals surface area contributed by atoms with Crippen LogP contribution in [0.15, 0.2) is 35.2 Å². The topological polar surface area (TPSA) is 107 Å². The molecule has 2 rings (SSSR count). The van der Waals surface area contributed by atoms with Crippen LogP contribution in [0.1, 0.15) is 20.7 Å². The van der Waals surface area contributed by atoms with Crippen LogP contribution in [-0.2, 0) is 19.6 Å². The zero-order valence-corrected chi connectivity index (χ0v) is 12.5. The van der Waals surface area contributed by atoms with Crippen molar-refractivity contribution in [3.05, 3.63) is 41.5 Å². The van der Waals surface area contributed by atoms with E-state index in [4.69, 9.17) is 0 Å². The Labute approximate surface area is 126 Å². The Balaban J connectivity index is 2.83. The monoisotopic (exact) mass is 324 g/mol. The molecule has 0 amide bonds. The molecular formula is C14H12O7S. The largest absolute Gasteiger partial charge is 0.465 e. The molecule has 0 radical (unpaired) electrons. The molecule has 1 N–H and O–H groups in total. The number of methoxy groups -OCH3 is 2. The maximum atomic E-state index is 11.7. The SMILES string of the molecule is COC(=O)c1ccc2c(S(=O)(=O)O)c(C(=O)OC)ccc2c1. The Morgan fingerprint density at radius 1 is 1.00 bits per heavy atom. The van der Waals surface area contributed by atoms with Crippen LogP contribution < -0.4 is 0 Å². The van der Waals surface area contributed by atoms with Gasteiger partial charge in [0.05, 0.1) is 25.3 Å². The summed E-state index contributed by atoms with van der Waals surface area (Å²) in [6.07, 6.45) is 0. The van der Waals surface area contributed by atoms with Crippen molar-refractivity contribution in [2.24, 2.45) is 0 Å². The van der Waals surface area contributed by atoms with Crippen molar-refractivity contribution >= 4 is 32.8 Å². The van der Waals surface area contributed by atoms with E-state index < -0.39 is 27.0 Å². The second-order valence-electron chi connectivity index (χ2n) is 4.34. The van der Waals surface area contributed by atoms with E-state index in [2.05, 4.69) is 9.47 Å². The molecule has 2 aromatic rings. The summed E-state index contributed by atoms with van der Waals surface area (Å²) in [5.74, 6) is -1.49.